The SMILES string of the molecule is Cc1occc1C(=O)N(CCC(=O)[O-])Cc1ccccc1. The summed E-state index contributed by atoms with van der Waals surface area (Å²) in [7, 11) is 0. The van der Waals surface area contributed by atoms with Crippen LogP contribution in [0.15, 0.2) is 47.1 Å². The van der Waals surface area contributed by atoms with Gasteiger partial charge in [-0.3, -0.25) is 4.79 Å². The highest BCUT2D eigenvalue weighted by molar-refractivity contribution is 5.95. The summed E-state index contributed by atoms with van der Waals surface area (Å²) in [4.78, 5) is 24.6. The Labute approximate surface area is 122 Å². The van der Waals surface area contributed by atoms with Crippen LogP contribution < -0.4 is 5.11 Å². The average Bonchev–Trinajstić information content (AvgIpc) is 2.90. The average molecular weight is 286 g/mol. The maximum absolute atomic E-state index is 12.5. The molecule has 0 spiro atoms. The third kappa shape index (κ3) is 3.95. The molecule has 0 atom stereocenters. The molecular formula is C16H16NO4-. The fourth-order valence-corrected chi connectivity index (χ4v) is 2.06. The summed E-state index contributed by atoms with van der Waals surface area (Å²) < 4.78 is 5.14. The van der Waals surface area contributed by atoms with Crippen LogP contribution >= 0.6 is 0 Å². The lowest BCUT2D eigenvalue weighted by atomic mass is 10.1. The van der Waals surface area contributed by atoms with Crippen molar-refractivity contribution in [2.24, 2.45) is 0 Å². The lowest BCUT2D eigenvalue weighted by Gasteiger charge is -2.23. The van der Waals surface area contributed by atoms with Crippen LogP contribution in [0, 0.1) is 6.92 Å². The first-order valence-electron chi connectivity index (χ1n) is 6.65. The molecule has 0 radical (unpaired) electrons. The molecule has 2 rings (SSSR count). The van der Waals surface area contributed by atoms with Crippen LogP contribution in [0.4, 0.5) is 0 Å². The maximum Gasteiger partial charge on any atom is 0.257 e. The number of carboxylic acid groups (broad SMARTS) is 1. The molecule has 1 aromatic heterocycles. The second kappa shape index (κ2) is 6.74. The normalized spacial score (nSPS) is 10.3. The summed E-state index contributed by atoms with van der Waals surface area (Å²) in [6, 6.07) is 11.0. The number of carbonyl (C=O) groups excluding carboxylic acids is 2. The zero-order chi connectivity index (χ0) is 15.2. The molecule has 2 aromatic rings. The number of furan rings is 1. The molecule has 0 aliphatic heterocycles. The number of carbonyl (C=O) groups is 2. The summed E-state index contributed by atoms with van der Waals surface area (Å²) in [6.45, 7) is 2.14. The van der Waals surface area contributed by atoms with Gasteiger partial charge in [-0.15, -0.1) is 0 Å². The fraction of sp³-hybridized carbons (Fsp3) is 0.250. The molecule has 1 heterocycles. The number of nitrogens with zero attached hydrogens (tertiary/aromatic N) is 1. The molecule has 0 unspecified atom stereocenters. The number of benzene rings is 1. The lowest BCUT2D eigenvalue weighted by Crippen LogP contribution is -2.35. The summed E-state index contributed by atoms with van der Waals surface area (Å²) >= 11 is 0. The van der Waals surface area contributed by atoms with Gasteiger partial charge in [-0.2, -0.15) is 0 Å². The molecule has 1 aromatic carbocycles. The Bertz CT molecular complexity index is 618. The van der Waals surface area contributed by atoms with E-state index < -0.39 is 5.97 Å². The number of hydrogen-bond acceptors (Lipinski definition) is 4. The van der Waals surface area contributed by atoms with Gasteiger partial charge in [-0.1, -0.05) is 30.3 Å². The Hall–Kier alpha value is -2.56. The van der Waals surface area contributed by atoms with Crippen LogP contribution in [-0.4, -0.2) is 23.3 Å². The fourth-order valence-electron chi connectivity index (χ4n) is 2.06. The number of carboxylic acids is 1. The molecule has 0 saturated heterocycles. The van der Waals surface area contributed by atoms with Crippen molar-refractivity contribution in [2.75, 3.05) is 6.54 Å². The summed E-state index contributed by atoms with van der Waals surface area (Å²) in [5, 5.41) is 10.7. The number of aliphatic carboxylic acids is 1. The second-order valence-electron chi connectivity index (χ2n) is 4.72. The van der Waals surface area contributed by atoms with Gasteiger partial charge in [0, 0.05) is 25.5 Å². The van der Waals surface area contributed by atoms with Crippen molar-refractivity contribution in [3.05, 3.63) is 59.5 Å². The zero-order valence-electron chi connectivity index (χ0n) is 11.7. The van der Waals surface area contributed by atoms with E-state index in [-0.39, 0.29) is 18.9 Å². The maximum atomic E-state index is 12.5. The highest BCUT2D eigenvalue weighted by atomic mass is 16.4. The van der Waals surface area contributed by atoms with Gasteiger partial charge >= 0.3 is 0 Å². The van der Waals surface area contributed by atoms with E-state index in [2.05, 4.69) is 0 Å². The minimum Gasteiger partial charge on any atom is -0.550 e. The first-order valence-corrected chi connectivity index (χ1v) is 6.65. The van der Waals surface area contributed by atoms with Gasteiger partial charge < -0.3 is 19.2 Å². The molecule has 0 fully saturated rings. The Kier molecular flexibility index (Phi) is 4.77. The Morgan fingerprint density at radius 1 is 1.19 bits per heavy atom. The first-order chi connectivity index (χ1) is 10.1. The van der Waals surface area contributed by atoms with Gasteiger partial charge in [0.1, 0.15) is 5.76 Å². The summed E-state index contributed by atoms with van der Waals surface area (Å²) in [5.74, 6) is -0.900. The molecule has 1 amide bonds. The van der Waals surface area contributed by atoms with Crippen molar-refractivity contribution < 1.29 is 19.1 Å². The van der Waals surface area contributed by atoms with Gasteiger partial charge in [-0.05, 0) is 18.6 Å². The predicted octanol–water partition coefficient (Wildman–Crippen LogP) is 1.37. The van der Waals surface area contributed by atoms with E-state index >= 15 is 0 Å². The lowest BCUT2D eigenvalue weighted by molar-refractivity contribution is -0.305. The number of hydrogen-bond donors (Lipinski definition) is 0. The number of aryl methyl sites for hydroxylation is 1. The predicted molar refractivity (Wildman–Crippen MR) is 74.3 cm³/mol. The van der Waals surface area contributed by atoms with Gasteiger partial charge in [0.15, 0.2) is 0 Å². The van der Waals surface area contributed by atoms with Gasteiger partial charge in [0.25, 0.3) is 5.91 Å². The Morgan fingerprint density at radius 3 is 2.48 bits per heavy atom. The number of rotatable bonds is 6. The molecule has 5 heteroatoms. The summed E-state index contributed by atoms with van der Waals surface area (Å²) in [6.07, 6.45) is 1.25. The van der Waals surface area contributed by atoms with Crippen molar-refractivity contribution >= 4 is 11.9 Å². The molecular weight excluding hydrogens is 270 g/mol. The molecule has 0 aliphatic carbocycles. The van der Waals surface area contributed by atoms with Gasteiger partial charge in [0.05, 0.1) is 11.8 Å². The molecule has 0 saturated carbocycles. The monoisotopic (exact) mass is 286 g/mol. The van der Waals surface area contributed by atoms with Crippen LogP contribution in [0.1, 0.15) is 28.1 Å². The minimum atomic E-state index is -1.18. The van der Waals surface area contributed by atoms with Crippen LogP contribution in [0.25, 0.3) is 0 Å². The molecule has 0 bridgehead atoms. The Morgan fingerprint density at radius 2 is 1.90 bits per heavy atom. The van der Waals surface area contributed by atoms with Crippen molar-refractivity contribution in [3.63, 3.8) is 0 Å². The topological polar surface area (TPSA) is 73.6 Å². The molecule has 5 nitrogen and oxygen atoms in total. The number of amides is 1. The van der Waals surface area contributed by atoms with Crippen molar-refractivity contribution in [1.82, 2.24) is 4.90 Å². The van der Waals surface area contributed by atoms with E-state index in [1.54, 1.807) is 13.0 Å². The zero-order valence-corrected chi connectivity index (χ0v) is 11.7. The highest BCUT2D eigenvalue weighted by Gasteiger charge is 2.19. The van der Waals surface area contributed by atoms with E-state index in [4.69, 9.17) is 4.42 Å². The van der Waals surface area contributed by atoms with Crippen molar-refractivity contribution in [2.45, 2.75) is 19.9 Å². The van der Waals surface area contributed by atoms with E-state index in [9.17, 15) is 14.7 Å². The van der Waals surface area contributed by atoms with Crippen LogP contribution in [0.3, 0.4) is 0 Å². The minimum absolute atomic E-state index is 0.0979. The molecule has 0 N–H and O–H groups in total. The first kappa shape index (κ1) is 14.8. The smallest absolute Gasteiger partial charge is 0.257 e. The Balaban J connectivity index is 2.17. The standard InChI is InChI=1S/C16H17NO4/c1-12-14(8-10-21-12)16(20)17(9-7-15(18)19)11-13-5-3-2-4-6-13/h2-6,8,10H,7,9,11H2,1H3,(H,18,19)/p-1. The largest absolute Gasteiger partial charge is 0.550 e. The highest BCUT2D eigenvalue weighted by Crippen LogP contribution is 2.15. The van der Waals surface area contributed by atoms with Crippen molar-refractivity contribution in [1.29, 1.82) is 0 Å². The van der Waals surface area contributed by atoms with E-state index in [0.29, 0.717) is 17.9 Å². The van der Waals surface area contributed by atoms with Crippen LogP contribution in [-0.2, 0) is 11.3 Å². The quantitative estimate of drug-likeness (QED) is 0.804. The van der Waals surface area contributed by atoms with Crippen LogP contribution in [0.5, 0.6) is 0 Å². The second-order valence-corrected chi connectivity index (χ2v) is 4.72. The third-order valence-corrected chi connectivity index (χ3v) is 3.18. The van der Waals surface area contributed by atoms with E-state index in [1.807, 2.05) is 30.3 Å². The molecule has 110 valence electrons. The van der Waals surface area contributed by atoms with Crippen molar-refractivity contribution in [3.8, 4) is 0 Å². The molecule has 21 heavy (non-hydrogen) atoms. The van der Waals surface area contributed by atoms with Gasteiger partial charge in [-0.25, -0.2) is 0 Å². The third-order valence-electron chi connectivity index (χ3n) is 3.18. The van der Waals surface area contributed by atoms with Crippen LogP contribution in [0.2, 0.25) is 0 Å². The van der Waals surface area contributed by atoms with Gasteiger partial charge in [0.2, 0.25) is 0 Å². The molecule has 0 aliphatic rings. The van der Waals surface area contributed by atoms with E-state index in [0.717, 1.165) is 5.56 Å². The summed E-state index contributed by atoms with van der Waals surface area (Å²) in [5.41, 5.74) is 1.38. The van der Waals surface area contributed by atoms with E-state index in [1.165, 1.54) is 11.2 Å².